The Morgan fingerprint density at radius 2 is 1.65 bits per heavy atom. The Hall–Kier alpha value is -2.18. The summed E-state index contributed by atoms with van der Waals surface area (Å²) in [4.78, 5) is -0.909. The Morgan fingerprint density at radius 3 is 2.27 bits per heavy atom. The lowest BCUT2D eigenvalue weighted by Gasteiger charge is -2.42. The Kier molecular flexibility index (Phi) is 7.78. The number of benzene rings is 3. The number of halogens is 4. The van der Waals surface area contributed by atoms with Gasteiger partial charge in [-0.2, -0.15) is 5.10 Å². The maximum atomic E-state index is 15.0. The molecule has 0 saturated carbocycles. The number of nitrogens with two attached hydrogens (primary N) is 1. The van der Waals surface area contributed by atoms with E-state index in [0.29, 0.717) is 23.1 Å². The van der Waals surface area contributed by atoms with Crippen LogP contribution >= 0.6 is 55.0 Å². The smallest absolute Gasteiger partial charge is 0.230 e. The van der Waals surface area contributed by atoms with Gasteiger partial charge in [-0.25, -0.2) is 13.8 Å². The van der Waals surface area contributed by atoms with Crippen LogP contribution in [-0.2, 0) is 4.87 Å². The van der Waals surface area contributed by atoms with Crippen molar-refractivity contribution in [2.45, 2.75) is 24.1 Å². The van der Waals surface area contributed by atoms with Gasteiger partial charge in [-0.3, -0.25) is 0 Å². The fourth-order valence-electron chi connectivity index (χ4n) is 4.44. The summed E-state index contributed by atoms with van der Waals surface area (Å²) in [7, 11) is 0. The van der Waals surface area contributed by atoms with Gasteiger partial charge in [0, 0.05) is 20.4 Å². The molecule has 0 saturated heterocycles. The fraction of sp³-hybridized carbons (Fsp3) is 0.192. The van der Waals surface area contributed by atoms with Crippen LogP contribution in [0, 0.1) is 18.6 Å². The highest BCUT2D eigenvalue weighted by Gasteiger charge is 2.53. The quantitative estimate of drug-likeness (QED) is 0.221. The number of aromatic nitrogens is 2. The molecule has 5 nitrogen and oxygen atoms in total. The number of hydrogen-bond donors (Lipinski definition) is 1. The molecule has 2 heterocycles. The van der Waals surface area contributed by atoms with Gasteiger partial charge in [0.15, 0.2) is 0 Å². The SMILES string of the molecule is Cc1nnc(N2N=C(c3cc(F)ccc3F)SC2(c2ccc(Br)cc2)C(CCN)c2ccc(Br)cc2)s1. The van der Waals surface area contributed by atoms with Crippen LogP contribution in [0.1, 0.15) is 34.0 Å². The third-order valence-electron chi connectivity index (χ3n) is 6.07. The van der Waals surface area contributed by atoms with Crippen LogP contribution in [0.4, 0.5) is 13.9 Å². The van der Waals surface area contributed by atoms with Crippen molar-refractivity contribution in [1.29, 1.82) is 0 Å². The minimum atomic E-state index is -0.909. The van der Waals surface area contributed by atoms with E-state index in [1.165, 1.54) is 29.2 Å². The lowest BCUT2D eigenvalue weighted by molar-refractivity contribution is 0.451. The number of rotatable bonds is 7. The first-order valence-electron chi connectivity index (χ1n) is 11.4. The summed E-state index contributed by atoms with van der Waals surface area (Å²) in [5, 5.41) is 17.0. The zero-order valence-corrected chi connectivity index (χ0v) is 24.3. The third-order valence-corrected chi connectivity index (χ3v) is 9.44. The number of hydrazone groups is 1. The number of nitrogens with zero attached hydrogens (tertiary/aromatic N) is 4. The van der Waals surface area contributed by atoms with Gasteiger partial charge < -0.3 is 5.73 Å². The van der Waals surface area contributed by atoms with Crippen LogP contribution in [-0.4, -0.2) is 21.8 Å². The molecule has 5 rings (SSSR count). The second-order valence-corrected chi connectivity index (χ2v) is 12.6. The lowest BCUT2D eigenvalue weighted by Crippen LogP contribution is -2.44. The van der Waals surface area contributed by atoms with Gasteiger partial charge in [0.2, 0.25) is 5.13 Å². The van der Waals surface area contributed by atoms with Gasteiger partial charge in [0.25, 0.3) is 0 Å². The maximum Gasteiger partial charge on any atom is 0.230 e. The van der Waals surface area contributed by atoms with E-state index in [0.717, 1.165) is 37.2 Å². The summed E-state index contributed by atoms with van der Waals surface area (Å²) in [6.07, 6.45) is 0.605. The van der Waals surface area contributed by atoms with E-state index in [1.54, 1.807) is 0 Å². The topological polar surface area (TPSA) is 67.4 Å². The van der Waals surface area contributed by atoms with E-state index in [-0.39, 0.29) is 11.5 Å². The average molecular weight is 665 g/mol. The summed E-state index contributed by atoms with van der Waals surface area (Å²) in [6.45, 7) is 2.28. The highest BCUT2D eigenvalue weighted by Crippen LogP contribution is 2.58. The molecule has 0 bridgehead atoms. The predicted octanol–water partition coefficient (Wildman–Crippen LogP) is 7.55. The van der Waals surface area contributed by atoms with Crippen molar-refractivity contribution in [2.24, 2.45) is 10.8 Å². The fourth-order valence-corrected chi connectivity index (χ4v) is 7.28. The standard InChI is InChI=1S/C26H21Br2F2N5S2/c1-15-32-33-25(36-15)35-26(17-4-8-19(28)9-5-17,22(12-13-31)16-2-6-18(27)7-3-16)37-24(34-35)21-14-20(29)10-11-23(21)30/h2-11,14,22H,12-13,31H2,1H3. The Balaban J connectivity index is 1.79. The molecule has 1 aromatic heterocycles. The molecule has 0 fully saturated rings. The molecule has 3 aromatic carbocycles. The third kappa shape index (κ3) is 5.12. The molecule has 0 amide bonds. The molecule has 190 valence electrons. The summed E-state index contributed by atoms with van der Waals surface area (Å²) < 4.78 is 31.2. The van der Waals surface area contributed by atoms with Crippen molar-refractivity contribution < 1.29 is 8.78 Å². The van der Waals surface area contributed by atoms with Gasteiger partial charge >= 0.3 is 0 Å². The van der Waals surface area contributed by atoms with Crippen LogP contribution in [0.2, 0.25) is 0 Å². The van der Waals surface area contributed by atoms with Gasteiger partial charge in [0.05, 0.1) is 0 Å². The van der Waals surface area contributed by atoms with Crippen LogP contribution in [0.3, 0.4) is 0 Å². The molecule has 37 heavy (non-hydrogen) atoms. The minimum Gasteiger partial charge on any atom is -0.330 e. The monoisotopic (exact) mass is 663 g/mol. The summed E-state index contributed by atoms with van der Waals surface area (Å²) in [5.74, 6) is -1.28. The van der Waals surface area contributed by atoms with Crippen LogP contribution in [0.25, 0.3) is 0 Å². The molecule has 0 aliphatic carbocycles. The molecule has 1 aliphatic heterocycles. The first kappa shape index (κ1) is 26.4. The molecule has 1 aliphatic rings. The summed E-state index contributed by atoms with van der Waals surface area (Å²) in [5.41, 5.74) is 8.24. The summed E-state index contributed by atoms with van der Waals surface area (Å²) >= 11 is 9.83. The average Bonchev–Trinajstić information content (AvgIpc) is 3.49. The number of aryl methyl sites for hydroxylation is 1. The number of thioether (sulfide) groups is 1. The van der Waals surface area contributed by atoms with E-state index in [4.69, 9.17) is 10.8 Å². The molecule has 0 spiro atoms. The van der Waals surface area contributed by atoms with Crippen LogP contribution in [0.5, 0.6) is 0 Å². The Labute approximate surface area is 238 Å². The molecule has 4 aromatic rings. The molecule has 2 N–H and O–H groups in total. The zero-order valence-electron chi connectivity index (χ0n) is 19.5. The predicted molar refractivity (Wildman–Crippen MR) is 154 cm³/mol. The van der Waals surface area contributed by atoms with E-state index in [1.807, 2.05) is 48.3 Å². The van der Waals surface area contributed by atoms with Gasteiger partial charge in [0.1, 0.15) is 26.6 Å². The zero-order chi connectivity index (χ0) is 26.2. The minimum absolute atomic E-state index is 0.0949. The number of anilines is 1. The Morgan fingerprint density at radius 1 is 0.973 bits per heavy atom. The highest BCUT2D eigenvalue weighted by atomic mass is 79.9. The molecule has 11 heteroatoms. The van der Waals surface area contributed by atoms with Crippen molar-refractivity contribution in [1.82, 2.24) is 10.2 Å². The van der Waals surface area contributed by atoms with E-state index >= 15 is 4.39 Å². The molecule has 2 unspecified atom stereocenters. The molecule has 0 radical (unpaired) electrons. The van der Waals surface area contributed by atoms with Crippen molar-refractivity contribution in [2.75, 3.05) is 11.6 Å². The first-order valence-corrected chi connectivity index (χ1v) is 14.6. The van der Waals surface area contributed by atoms with Gasteiger partial charge in [-0.05, 0) is 73.5 Å². The van der Waals surface area contributed by atoms with E-state index in [9.17, 15) is 4.39 Å². The maximum absolute atomic E-state index is 15.0. The van der Waals surface area contributed by atoms with E-state index in [2.05, 4.69) is 54.2 Å². The second-order valence-electron chi connectivity index (χ2n) is 8.43. The van der Waals surface area contributed by atoms with Crippen molar-refractivity contribution in [3.63, 3.8) is 0 Å². The first-order chi connectivity index (χ1) is 17.8. The van der Waals surface area contributed by atoms with Gasteiger partial charge in [-0.15, -0.1) is 10.2 Å². The van der Waals surface area contributed by atoms with Crippen molar-refractivity contribution in [3.8, 4) is 0 Å². The molecular weight excluding hydrogens is 644 g/mol. The normalized spacial score (nSPS) is 18.2. The lowest BCUT2D eigenvalue weighted by atomic mass is 9.83. The van der Waals surface area contributed by atoms with Gasteiger partial charge in [-0.1, -0.05) is 79.2 Å². The largest absolute Gasteiger partial charge is 0.330 e. The highest BCUT2D eigenvalue weighted by molar-refractivity contribution is 9.10. The second kappa shape index (κ2) is 10.9. The van der Waals surface area contributed by atoms with E-state index < -0.39 is 16.5 Å². The van der Waals surface area contributed by atoms with Crippen LogP contribution < -0.4 is 10.7 Å². The van der Waals surface area contributed by atoms with Crippen LogP contribution in [0.15, 0.2) is 80.8 Å². The Bertz CT molecular complexity index is 1450. The van der Waals surface area contributed by atoms with Crippen molar-refractivity contribution >= 4 is 65.1 Å². The summed E-state index contributed by atoms with van der Waals surface area (Å²) in [6, 6.07) is 19.4. The van der Waals surface area contributed by atoms with Crippen molar-refractivity contribution in [3.05, 3.63) is 109 Å². The molecular formula is C26H21Br2F2N5S2. The molecule has 2 atom stereocenters. The number of hydrogen-bond acceptors (Lipinski definition) is 7.